The van der Waals surface area contributed by atoms with Crippen molar-refractivity contribution in [3.63, 3.8) is 0 Å². The first kappa shape index (κ1) is 13.0. The molecule has 2 bridgehead atoms. The number of rotatable bonds is 4. The van der Waals surface area contributed by atoms with Crippen LogP contribution in [0, 0.1) is 28.9 Å². The third-order valence-corrected chi connectivity index (χ3v) is 5.11. The molecule has 1 N–H and O–H groups in total. The molecule has 0 spiro atoms. The largest absolute Gasteiger partial charge is 0.319 e. The molecule has 3 heteroatoms. The van der Waals surface area contributed by atoms with E-state index in [0.717, 1.165) is 36.4 Å². The van der Waals surface area contributed by atoms with Gasteiger partial charge in [0.2, 0.25) is 0 Å². The van der Waals surface area contributed by atoms with E-state index in [1.54, 1.807) is 0 Å². The number of hydrogen-bond donors (Lipinski definition) is 1. The van der Waals surface area contributed by atoms with E-state index in [0.29, 0.717) is 0 Å². The Morgan fingerprint density at radius 3 is 2.47 bits per heavy atom. The van der Waals surface area contributed by atoms with E-state index in [1.807, 2.05) is 7.05 Å². The topological polar surface area (TPSA) is 12.0 Å². The summed E-state index contributed by atoms with van der Waals surface area (Å²) in [5.74, 6) is 0.628. The van der Waals surface area contributed by atoms with Crippen LogP contribution in [0.25, 0.3) is 0 Å². The lowest BCUT2D eigenvalue weighted by molar-refractivity contribution is 0.160. The number of halogens is 2. The van der Waals surface area contributed by atoms with E-state index >= 15 is 0 Å². The lowest BCUT2D eigenvalue weighted by Crippen LogP contribution is -2.39. The second-order valence-corrected chi connectivity index (χ2v) is 6.43. The molecule has 1 aromatic rings. The monoisotopic (exact) mass is 265 g/mol. The van der Waals surface area contributed by atoms with Crippen molar-refractivity contribution in [2.75, 3.05) is 13.6 Å². The highest BCUT2D eigenvalue weighted by Gasteiger charge is 2.50. The molecular weight excluding hydrogens is 244 g/mol. The average molecular weight is 265 g/mol. The quantitative estimate of drug-likeness (QED) is 0.878. The van der Waals surface area contributed by atoms with Gasteiger partial charge >= 0.3 is 0 Å². The van der Waals surface area contributed by atoms with Crippen LogP contribution in [0.15, 0.2) is 18.2 Å². The standard InChI is InChI=1S/C16H21F2N/c1-19-10-16(8-11-2-3-13(16)4-11)9-12-5-14(17)7-15(18)6-12/h5-7,11,13,19H,2-4,8-10H2,1H3. The van der Waals surface area contributed by atoms with Gasteiger partial charge in [0.25, 0.3) is 0 Å². The van der Waals surface area contributed by atoms with Gasteiger partial charge in [0.1, 0.15) is 11.6 Å². The van der Waals surface area contributed by atoms with Gasteiger partial charge in [-0.2, -0.15) is 0 Å². The molecule has 1 nitrogen and oxygen atoms in total. The van der Waals surface area contributed by atoms with Gasteiger partial charge in [0.15, 0.2) is 0 Å². The van der Waals surface area contributed by atoms with Gasteiger partial charge in [-0.25, -0.2) is 8.78 Å². The first-order chi connectivity index (χ1) is 9.11. The lowest BCUT2D eigenvalue weighted by Gasteiger charge is -2.38. The van der Waals surface area contributed by atoms with E-state index in [4.69, 9.17) is 0 Å². The minimum absolute atomic E-state index is 0.206. The predicted octanol–water partition coefficient (Wildman–Crippen LogP) is 3.53. The second kappa shape index (κ2) is 4.86. The Morgan fingerprint density at radius 1 is 1.21 bits per heavy atom. The summed E-state index contributed by atoms with van der Waals surface area (Å²) in [4.78, 5) is 0. The highest BCUT2D eigenvalue weighted by molar-refractivity contribution is 5.21. The van der Waals surface area contributed by atoms with E-state index in [9.17, 15) is 8.78 Å². The van der Waals surface area contributed by atoms with E-state index < -0.39 is 11.6 Å². The maximum atomic E-state index is 13.3. The lowest BCUT2D eigenvalue weighted by atomic mass is 9.69. The van der Waals surface area contributed by atoms with Gasteiger partial charge in [-0.05, 0) is 67.7 Å². The second-order valence-electron chi connectivity index (χ2n) is 6.43. The molecule has 104 valence electrons. The van der Waals surface area contributed by atoms with Crippen molar-refractivity contribution in [2.24, 2.45) is 17.3 Å². The van der Waals surface area contributed by atoms with E-state index in [1.165, 1.54) is 37.8 Å². The fourth-order valence-electron chi connectivity index (χ4n) is 4.53. The Bertz CT molecular complexity index is 454. The highest BCUT2D eigenvalue weighted by Crippen LogP contribution is 2.57. The smallest absolute Gasteiger partial charge is 0.126 e. The van der Waals surface area contributed by atoms with Crippen molar-refractivity contribution in [1.29, 1.82) is 0 Å². The predicted molar refractivity (Wildman–Crippen MR) is 71.9 cm³/mol. The molecule has 1 aromatic carbocycles. The van der Waals surface area contributed by atoms with Crippen LogP contribution in [-0.4, -0.2) is 13.6 Å². The third kappa shape index (κ3) is 2.40. The van der Waals surface area contributed by atoms with E-state index in [2.05, 4.69) is 5.32 Å². The van der Waals surface area contributed by atoms with Crippen LogP contribution in [-0.2, 0) is 6.42 Å². The minimum Gasteiger partial charge on any atom is -0.319 e. The van der Waals surface area contributed by atoms with Gasteiger partial charge in [-0.1, -0.05) is 6.42 Å². The average Bonchev–Trinajstić information content (AvgIpc) is 2.88. The number of benzene rings is 1. The molecule has 2 aliphatic rings. The number of nitrogens with one attached hydrogen (secondary N) is 1. The Labute approximate surface area is 113 Å². The zero-order valence-electron chi connectivity index (χ0n) is 11.4. The SMILES string of the molecule is CNCC1(Cc2cc(F)cc(F)c2)CC2CCC1C2. The fourth-order valence-corrected chi connectivity index (χ4v) is 4.53. The van der Waals surface area contributed by atoms with Gasteiger partial charge in [0.05, 0.1) is 0 Å². The maximum absolute atomic E-state index is 13.3. The number of hydrogen-bond acceptors (Lipinski definition) is 1. The summed E-state index contributed by atoms with van der Waals surface area (Å²) in [5, 5.41) is 3.30. The van der Waals surface area contributed by atoms with Crippen molar-refractivity contribution in [3.05, 3.63) is 35.4 Å². The molecule has 3 unspecified atom stereocenters. The summed E-state index contributed by atoms with van der Waals surface area (Å²) < 4.78 is 26.7. The summed E-state index contributed by atoms with van der Waals surface area (Å²) >= 11 is 0. The van der Waals surface area contributed by atoms with Crippen molar-refractivity contribution >= 4 is 0 Å². The summed E-state index contributed by atoms with van der Waals surface area (Å²) in [5.41, 5.74) is 1.01. The number of fused-ring (bicyclic) bond motifs is 2. The van der Waals surface area contributed by atoms with Crippen LogP contribution >= 0.6 is 0 Å². The van der Waals surface area contributed by atoms with Crippen LogP contribution in [0.2, 0.25) is 0 Å². The van der Waals surface area contributed by atoms with Crippen LogP contribution < -0.4 is 5.32 Å². The summed E-state index contributed by atoms with van der Waals surface area (Å²) in [6.45, 7) is 0.951. The summed E-state index contributed by atoms with van der Waals surface area (Å²) in [7, 11) is 1.97. The maximum Gasteiger partial charge on any atom is 0.126 e. The Kier molecular flexibility index (Phi) is 3.34. The van der Waals surface area contributed by atoms with Gasteiger partial charge in [-0.3, -0.25) is 0 Å². The molecule has 0 amide bonds. The molecule has 2 aliphatic carbocycles. The molecule has 0 aliphatic heterocycles. The molecular formula is C16H21F2N. The fraction of sp³-hybridized carbons (Fsp3) is 0.625. The van der Waals surface area contributed by atoms with Crippen molar-refractivity contribution in [3.8, 4) is 0 Å². The van der Waals surface area contributed by atoms with Crippen molar-refractivity contribution in [1.82, 2.24) is 5.32 Å². The Balaban J connectivity index is 1.86. The Morgan fingerprint density at radius 2 is 1.95 bits per heavy atom. The van der Waals surface area contributed by atoms with Crippen molar-refractivity contribution < 1.29 is 8.78 Å². The van der Waals surface area contributed by atoms with Crippen molar-refractivity contribution in [2.45, 2.75) is 32.1 Å². The third-order valence-electron chi connectivity index (χ3n) is 5.11. The summed E-state index contributed by atoms with van der Waals surface area (Å²) in [6, 6.07) is 3.94. The molecule has 2 saturated carbocycles. The van der Waals surface area contributed by atoms with E-state index in [-0.39, 0.29) is 5.41 Å². The first-order valence-electron chi connectivity index (χ1n) is 7.21. The molecule has 0 aromatic heterocycles. The zero-order chi connectivity index (χ0) is 13.5. The van der Waals surface area contributed by atoms with Crippen LogP contribution in [0.1, 0.15) is 31.2 Å². The van der Waals surface area contributed by atoms with Gasteiger partial charge in [-0.15, -0.1) is 0 Å². The Hall–Kier alpha value is -0.960. The minimum atomic E-state index is -0.460. The van der Waals surface area contributed by atoms with Crippen LogP contribution in [0.5, 0.6) is 0 Å². The molecule has 19 heavy (non-hydrogen) atoms. The molecule has 3 atom stereocenters. The van der Waals surface area contributed by atoms with Crippen LogP contribution in [0.3, 0.4) is 0 Å². The highest BCUT2D eigenvalue weighted by atomic mass is 19.1. The molecule has 0 saturated heterocycles. The normalized spacial score (nSPS) is 33.0. The summed E-state index contributed by atoms with van der Waals surface area (Å²) in [6.07, 6.45) is 5.93. The zero-order valence-corrected chi connectivity index (χ0v) is 11.4. The first-order valence-corrected chi connectivity index (χ1v) is 7.21. The molecule has 3 rings (SSSR count). The molecule has 0 radical (unpaired) electrons. The van der Waals surface area contributed by atoms with Gasteiger partial charge in [0, 0.05) is 12.6 Å². The van der Waals surface area contributed by atoms with Crippen LogP contribution in [0.4, 0.5) is 8.78 Å². The molecule has 0 heterocycles. The van der Waals surface area contributed by atoms with Gasteiger partial charge < -0.3 is 5.32 Å². The molecule has 2 fully saturated rings.